The Bertz CT molecular complexity index is 881. The number of esters is 1. The normalized spacial score (nSPS) is 16.0. The minimum absolute atomic E-state index is 0.213. The Morgan fingerprint density at radius 2 is 2.27 bits per heavy atom. The summed E-state index contributed by atoms with van der Waals surface area (Å²) < 4.78 is 18.2. The van der Waals surface area contributed by atoms with Gasteiger partial charge in [0, 0.05) is 12.0 Å². The molecule has 7 nitrogen and oxygen atoms in total. The van der Waals surface area contributed by atoms with Crippen LogP contribution in [0.4, 0.5) is 9.52 Å². The zero-order chi connectivity index (χ0) is 18.7. The van der Waals surface area contributed by atoms with E-state index in [1.807, 2.05) is 0 Å². The van der Waals surface area contributed by atoms with Crippen LogP contribution in [0.5, 0.6) is 0 Å². The summed E-state index contributed by atoms with van der Waals surface area (Å²) in [6, 6.07) is 5.92. The van der Waals surface area contributed by atoms with Crippen LogP contribution < -0.4 is 5.32 Å². The highest BCUT2D eigenvalue weighted by Crippen LogP contribution is 2.25. The number of halogens is 1. The molecule has 3 rings (SSSR count). The van der Waals surface area contributed by atoms with Crippen LogP contribution in [0.15, 0.2) is 29.4 Å². The van der Waals surface area contributed by atoms with Crippen LogP contribution in [0.1, 0.15) is 34.3 Å². The van der Waals surface area contributed by atoms with Crippen LogP contribution in [0.2, 0.25) is 0 Å². The molecule has 1 N–H and O–H groups in total. The molecule has 1 aromatic heterocycles. The first kappa shape index (κ1) is 18.0. The number of thiazole rings is 1. The number of hydrogen-bond acceptors (Lipinski definition) is 7. The minimum Gasteiger partial charge on any atom is -0.462 e. The molecule has 1 unspecified atom stereocenters. The summed E-state index contributed by atoms with van der Waals surface area (Å²) in [6.45, 7) is 3.63. The zero-order valence-electron chi connectivity index (χ0n) is 14.1. The van der Waals surface area contributed by atoms with Crippen LogP contribution in [-0.2, 0) is 14.4 Å². The summed E-state index contributed by atoms with van der Waals surface area (Å²) in [6.07, 6.45) is -0.631. The van der Waals surface area contributed by atoms with Crippen molar-refractivity contribution in [3.63, 3.8) is 0 Å². The van der Waals surface area contributed by atoms with Crippen molar-refractivity contribution in [2.24, 2.45) is 5.16 Å². The smallest absolute Gasteiger partial charge is 0.350 e. The van der Waals surface area contributed by atoms with Crippen molar-refractivity contribution in [1.82, 2.24) is 4.98 Å². The fourth-order valence-electron chi connectivity index (χ4n) is 2.38. The third kappa shape index (κ3) is 3.88. The number of nitrogens with zero attached hydrogens (tertiary/aromatic N) is 2. The Balaban J connectivity index is 1.63. The molecule has 0 saturated heterocycles. The molecule has 0 aliphatic carbocycles. The first-order valence-corrected chi connectivity index (χ1v) is 8.73. The van der Waals surface area contributed by atoms with Gasteiger partial charge in [-0.2, -0.15) is 0 Å². The van der Waals surface area contributed by atoms with Crippen molar-refractivity contribution in [2.45, 2.75) is 26.4 Å². The summed E-state index contributed by atoms with van der Waals surface area (Å²) >= 11 is 1.03. The summed E-state index contributed by atoms with van der Waals surface area (Å²) in [5, 5.41) is 6.75. The first-order valence-electron chi connectivity index (χ1n) is 7.92. The lowest BCUT2D eigenvalue weighted by Gasteiger charge is -2.07. The number of nitrogens with one attached hydrogen (secondary N) is 1. The van der Waals surface area contributed by atoms with E-state index in [0.29, 0.717) is 21.8 Å². The van der Waals surface area contributed by atoms with Gasteiger partial charge in [0.15, 0.2) is 5.13 Å². The van der Waals surface area contributed by atoms with E-state index in [0.717, 1.165) is 11.3 Å². The van der Waals surface area contributed by atoms with E-state index in [9.17, 15) is 14.0 Å². The number of aromatic nitrogens is 1. The molecule has 9 heteroatoms. The number of carbonyl (C=O) groups excluding carboxylic acids is 2. The van der Waals surface area contributed by atoms with Crippen LogP contribution in [0.3, 0.4) is 0 Å². The number of rotatable bonds is 5. The second kappa shape index (κ2) is 7.61. The fraction of sp³-hybridized carbons (Fsp3) is 0.294. The minimum atomic E-state index is -0.844. The fourth-order valence-corrected chi connectivity index (χ4v) is 3.24. The van der Waals surface area contributed by atoms with E-state index >= 15 is 0 Å². The molecule has 26 heavy (non-hydrogen) atoms. The van der Waals surface area contributed by atoms with E-state index in [2.05, 4.69) is 15.5 Å². The number of anilines is 1. The molecule has 0 fully saturated rings. The number of hydrogen-bond donors (Lipinski definition) is 1. The van der Waals surface area contributed by atoms with E-state index in [-0.39, 0.29) is 24.0 Å². The molecule has 0 radical (unpaired) electrons. The van der Waals surface area contributed by atoms with Crippen molar-refractivity contribution in [1.29, 1.82) is 0 Å². The molecule has 1 atom stereocenters. The van der Waals surface area contributed by atoms with Crippen LogP contribution >= 0.6 is 11.3 Å². The average Bonchev–Trinajstić information content (AvgIpc) is 3.22. The number of ether oxygens (including phenoxy) is 1. The molecule has 0 bridgehead atoms. The van der Waals surface area contributed by atoms with Gasteiger partial charge >= 0.3 is 5.97 Å². The van der Waals surface area contributed by atoms with E-state index in [1.165, 1.54) is 12.1 Å². The Morgan fingerprint density at radius 3 is 3.00 bits per heavy atom. The maximum atomic E-state index is 13.3. The largest absolute Gasteiger partial charge is 0.462 e. The van der Waals surface area contributed by atoms with Crippen molar-refractivity contribution < 1.29 is 23.6 Å². The van der Waals surface area contributed by atoms with Gasteiger partial charge in [0.1, 0.15) is 10.7 Å². The van der Waals surface area contributed by atoms with Gasteiger partial charge in [-0.25, -0.2) is 14.2 Å². The maximum Gasteiger partial charge on any atom is 0.350 e. The predicted octanol–water partition coefficient (Wildman–Crippen LogP) is 2.90. The van der Waals surface area contributed by atoms with Crippen molar-refractivity contribution >= 4 is 34.1 Å². The third-order valence-corrected chi connectivity index (χ3v) is 4.66. The topological polar surface area (TPSA) is 89.9 Å². The summed E-state index contributed by atoms with van der Waals surface area (Å²) in [5.74, 6) is -1.30. The molecule has 1 amide bonds. The van der Waals surface area contributed by atoms with Gasteiger partial charge in [-0.15, -0.1) is 0 Å². The molecule has 0 spiro atoms. The van der Waals surface area contributed by atoms with E-state index in [1.54, 1.807) is 26.0 Å². The molecular formula is C17H16FN3O4S. The number of aryl methyl sites for hydroxylation is 1. The monoisotopic (exact) mass is 377 g/mol. The molecule has 2 aromatic rings. The summed E-state index contributed by atoms with van der Waals surface area (Å²) in [4.78, 5) is 33.8. The Hall–Kier alpha value is -2.81. The zero-order valence-corrected chi connectivity index (χ0v) is 14.9. The van der Waals surface area contributed by atoms with Gasteiger partial charge < -0.3 is 9.57 Å². The first-order chi connectivity index (χ1) is 12.5. The molecule has 2 heterocycles. The Morgan fingerprint density at radius 1 is 1.46 bits per heavy atom. The van der Waals surface area contributed by atoms with E-state index in [4.69, 9.17) is 9.57 Å². The predicted molar refractivity (Wildman–Crippen MR) is 93.9 cm³/mol. The highest BCUT2D eigenvalue weighted by molar-refractivity contribution is 7.17. The maximum absolute atomic E-state index is 13.3. The van der Waals surface area contributed by atoms with Crippen LogP contribution in [0, 0.1) is 12.7 Å². The molecular weight excluding hydrogens is 361 g/mol. The number of benzene rings is 1. The van der Waals surface area contributed by atoms with Crippen LogP contribution in [0.25, 0.3) is 0 Å². The third-order valence-electron chi connectivity index (χ3n) is 3.61. The second-order valence-electron chi connectivity index (χ2n) is 5.49. The highest BCUT2D eigenvalue weighted by atomic mass is 32.1. The lowest BCUT2D eigenvalue weighted by molar-refractivity contribution is -0.125. The number of carbonyl (C=O) groups is 2. The molecule has 1 aromatic carbocycles. The number of amides is 1. The number of oxime groups is 1. The molecule has 136 valence electrons. The van der Waals surface area contributed by atoms with Crippen molar-refractivity contribution in [3.8, 4) is 0 Å². The summed E-state index contributed by atoms with van der Waals surface area (Å²) in [5.41, 5.74) is 1.54. The average molecular weight is 377 g/mol. The SMILES string of the molecule is CCOC(=O)c1sc(NC(=O)C2CC(c3cccc(F)c3)=NO2)nc1C. The molecule has 1 aliphatic heterocycles. The second-order valence-corrected chi connectivity index (χ2v) is 6.49. The summed E-state index contributed by atoms with van der Waals surface area (Å²) in [7, 11) is 0. The van der Waals surface area contributed by atoms with Gasteiger partial charge in [-0.05, 0) is 26.0 Å². The standard InChI is InChI=1S/C17H16FN3O4S/c1-3-24-16(23)14-9(2)19-17(26-14)20-15(22)13-8-12(21-25-13)10-5-4-6-11(18)7-10/h4-7,13H,3,8H2,1-2H3,(H,19,20,22). The van der Waals surface area contributed by atoms with Crippen molar-refractivity contribution in [3.05, 3.63) is 46.2 Å². The molecule has 0 saturated carbocycles. The van der Waals surface area contributed by atoms with Gasteiger partial charge in [0.2, 0.25) is 6.10 Å². The lowest BCUT2D eigenvalue weighted by atomic mass is 10.0. The van der Waals surface area contributed by atoms with Crippen LogP contribution in [-0.4, -0.2) is 35.3 Å². The van der Waals surface area contributed by atoms with Gasteiger partial charge in [0.05, 0.1) is 18.0 Å². The Labute approximate surface area is 152 Å². The van der Waals surface area contributed by atoms with Crippen molar-refractivity contribution in [2.75, 3.05) is 11.9 Å². The van der Waals surface area contributed by atoms with Gasteiger partial charge in [-0.3, -0.25) is 10.1 Å². The molecule has 1 aliphatic rings. The lowest BCUT2D eigenvalue weighted by Crippen LogP contribution is -2.28. The Kier molecular flexibility index (Phi) is 5.27. The van der Waals surface area contributed by atoms with Gasteiger partial charge in [0.25, 0.3) is 5.91 Å². The van der Waals surface area contributed by atoms with E-state index < -0.39 is 18.0 Å². The quantitative estimate of drug-likeness (QED) is 0.809. The highest BCUT2D eigenvalue weighted by Gasteiger charge is 2.30. The van der Waals surface area contributed by atoms with Gasteiger partial charge in [-0.1, -0.05) is 28.6 Å².